The van der Waals surface area contributed by atoms with Crippen molar-refractivity contribution in [2.75, 3.05) is 13.7 Å². The van der Waals surface area contributed by atoms with Gasteiger partial charge in [-0.1, -0.05) is 31.5 Å². The summed E-state index contributed by atoms with van der Waals surface area (Å²) in [5.41, 5.74) is 1.23. The van der Waals surface area contributed by atoms with Gasteiger partial charge in [0.2, 0.25) is 0 Å². The molecule has 0 aliphatic carbocycles. The topological polar surface area (TPSA) is 47.6 Å². The maximum absolute atomic E-state index is 11.4. The van der Waals surface area contributed by atoms with Crippen molar-refractivity contribution in [1.82, 2.24) is 5.32 Å². The number of hydrogen-bond acceptors (Lipinski definition) is 4. The SMILES string of the molecule is CCCc1ccccc1O[C@H]1CN[C@@H](C(=O)OC)C1. The van der Waals surface area contributed by atoms with E-state index in [1.165, 1.54) is 12.7 Å². The molecule has 1 aliphatic heterocycles. The minimum absolute atomic E-state index is 0.0297. The van der Waals surface area contributed by atoms with Crippen LogP contribution < -0.4 is 10.1 Å². The highest BCUT2D eigenvalue weighted by molar-refractivity contribution is 5.76. The van der Waals surface area contributed by atoms with Crippen LogP contribution in [0.5, 0.6) is 5.75 Å². The van der Waals surface area contributed by atoms with Gasteiger partial charge in [0, 0.05) is 13.0 Å². The van der Waals surface area contributed by atoms with Crippen LogP contribution in [-0.2, 0) is 16.0 Å². The van der Waals surface area contributed by atoms with Crippen molar-refractivity contribution < 1.29 is 14.3 Å². The molecule has 0 amide bonds. The maximum Gasteiger partial charge on any atom is 0.323 e. The lowest BCUT2D eigenvalue weighted by Crippen LogP contribution is -2.31. The van der Waals surface area contributed by atoms with Crippen LogP contribution in [0.15, 0.2) is 24.3 Å². The molecule has 1 saturated heterocycles. The summed E-state index contributed by atoms with van der Waals surface area (Å²) in [4.78, 5) is 11.4. The monoisotopic (exact) mass is 263 g/mol. The van der Waals surface area contributed by atoms with Crippen LogP contribution in [0.1, 0.15) is 25.3 Å². The first-order valence-corrected chi connectivity index (χ1v) is 6.80. The molecule has 0 bridgehead atoms. The van der Waals surface area contributed by atoms with Gasteiger partial charge in [0.25, 0.3) is 0 Å². The van der Waals surface area contributed by atoms with Crippen molar-refractivity contribution in [2.45, 2.75) is 38.3 Å². The Balaban J connectivity index is 1.97. The van der Waals surface area contributed by atoms with Gasteiger partial charge in [-0.25, -0.2) is 0 Å². The molecule has 0 unspecified atom stereocenters. The largest absolute Gasteiger partial charge is 0.489 e. The van der Waals surface area contributed by atoms with Gasteiger partial charge >= 0.3 is 5.97 Å². The summed E-state index contributed by atoms with van der Waals surface area (Å²) in [6.07, 6.45) is 2.79. The van der Waals surface area contributed by atoms with E-state index >= 15 is 0 Å². The molecule has 1 aromatic carbocycles. The van der Waals surface area contributed by atoms with Crippen LogP contribution in [0.2, 0.25) is 0 Å². The van der Waals surface area contributed by atoms with Crippen LogP contribution in [0.25, 0.3) is 0 Å². The van der Waals surface area contributed by atoms with Gasteiger partial charge in [0.15, 0.2) is 0 Å². The Bertz CT molecular complexity index is 433. The fraction of sp³-hybridized carbons (Fsp3) is 0.533. The van der Waals surface area contributed by atoms with Gasteiger partial charge in [-0.2, -0.15) is 0 Å². The Morgan fingerprint density at radius 1 is 1.42 bits per heavy atom. The van der Waals surface area contributed by atoms with Crippen molar-refractivity contribution >= 4 is 5.97 Å². The van der Waals surface area contributed by atoms with Crippen molar-refractivity contribution in [3.8, 4) is 5.75 Å². The molecule has 1 aromatic rings. The second kappa shape index (κ2) is 6.57. The number of aryl methyl sites for hydroxylation is 1. The quantitative estimate of drug-likeness (QED) is 0.825. The number of para-hydroxylation sites is 1. The fourth-order valence-electron chi connectivity index (χ4n) is 2.39. The van der Waals surface area contributed by atoms with Gasteiger partial charge in [0.1, 0.15) is 17.9 Å². The summed E-state index contributed by atoms with van der Waals surface area (Å²) in [6.45, 7) is 2.83. The molecule has 4 nitrogen and oxygen atoms in total. The Morgan fingerprint density at radius 3 is 2.95 bits per heavy atom. The number of carbonyl (C=O) groups is 1. The normalized spacial score (nSPS) is 22.2. The number of hydrogen-bond donors (Lipinski definition) is 1. The van der Waals surface area contributed by atoms with E-state index in [0.717, 1.165) is 18.6 Å². The molecule has 104 valence electrons. The standard InChI is InChI=1S/C15H21NO3/c1-3-6-11-7-4-5-8-14(11)19-12-9-13(16-10-12)15(17)18-2/h4-5,7-8,12-13,16H,3,6,9-10H2,1-2H3/t12-,13-/m1/s1. The summed E-state index contributed by atoms with van der Waals surface area (Å²) in [5, 5.41) is 3.13. The molecule has 2 rings (SSSR count). The Morgan fingerprint density at radius 2 is 2.21 bits per heavy atom. The average Bonchev–Trinajstić information content (AvgIpc) is 2.89. The average molecular weight is 263 g/mol. The van der Waals surface area contributed by atoms with Crippen LogP contribution >= 0.6 is 0 Å². The van der Waals surface area contributed by atoms with Gasteiger partial charge in [0.05, 0.1) is 7.11 Å². The minimum Gasteiger partial charge on any atom is -0.489 e. The third kappa shape index (κ3) is 3.47. The predicted octanol–water partition coefficient (Wildman–Crippen LogP) is 1.92. The molecule has 4 heteroatoms. The van der Waals surface area contributed by atoms with E-state index in [1.54, 1.807) is 0 Å². The summed E-state index contributed by atoms with van der Waals surface area (Å²) < 4.78 is 10.8. The van der Waals surface area contributed by atoms with Crippen molar-refractivity contribution in [3.63, 3.8) is 0 Å². The van der Waals surface area contributed by atoms with E-state index in [-0.39, 0.29) is 18.1 Å². The molecule has 1 heterocycles. The predicted molar refractivity (Wildman–Crippen MR) is 73.3 cm³/mol. The molecular weight excluding hydrogens is 242 g/mol. The lowest BCUT2D eigenvalue weighted by molar-refractivity contribution is -0.142. The molecule has 1 fully saturated rings. The highest BCUT2D eigenvalue weighted by atomic mass is 16.5. The summed E-state index contributed by atoms with van der Waals surface area (Å²) in [5.74, 6) is 0.717. The van der Waals surface area contributed by atoms with Crippen molar-refractivity contribution in [2.24, 2.45) is 0 Å². The Labute approximate surface area is 114 Å². The van der Waals surface area contributed by atoms with E-state index in [1.807, 2.05) is 18.2 Å². The van der Waals surface area contributed by atoms with E-state index in [0.29, 0.717) is 13.0 Å². The van der Waals surface area contributed by atoms with Crippen LogP contribution in [0, 0.1) is 0 Å². The number of carbonyl (C=O) groups excluding carboxylic acids is 1. The van der Waals surface area contributed by atoms with Crippen LogP contribution in [0.3, 0.4) is 0 Å². The van der Waals surface area contributed by atoms with E-state index < -0.39 is 0 Å². The molecule has 0 saturated carbocycles. The highest BCUT2D eigenvalue weighted by Crippen LogP contribution is 2.23. The number of esters is 1. The zero-order valence-electron chi connectivity index (χ0n) is 11.5. The van der Waals surface area contributed by atoms with Gasteiger partial charge < -0.3 is 14.8 Å². The third-order valence-corrected chi connectivity index (χ3v) is 3.36. The van der Waals surface area contributed by atoms with E-state index in [2.05, 4.69) is 18.3 Å². The van der Waals surface area contributed by atoms with Crippen molar-refractivity contribution in [1.29, 1.82) is 0 Å². The molecule has 0 aromatic heterocycles. The summed E-state index contributed by atoms with van der Waals surface area (Å²) >= 11 is 0. The molecule has 0 radical (unpaired) electrons. The van der Waals surface area contributed by atoms with E-state index in [9.17, 15) is 4.79 Å². The number of ether oxygens (including phenoxy) is 2. The zero-order chi connectivity index (χ0) is 13.7. The smallest absolute Gasteiger partial charge is 0.323 e. The van der Waals surface area contributed by atoms with Gasteiger partial charge in [-0.05, 0) is 18.1 Å². The summed E-state index contributed by atoms with van der Waals surface area (Å²) in [7, 11) is 1.41. The van der Waals surface area contributed by atoms with Crippen molar-refractivity contribution in [3.05, 3.63) is 29.8 Å². The first kappa shape index (κ1) is 13.9. The van der Waals surface area contributed by atoms with Gasteiger partial charge in [-0.3, -0.25) is 4.79 Å². The number of benzene rings is 1. The highest BCUT2D eigenvalue weighted by Gasteiger charge is 2.31. The van der Waals surface area contributed by atoms with Gasteiger partial charge in [-0.15, -0.1) is 0 Å². The second-order valence-corrected chi connectivity index (χ2v) is 4.82. The molecule has 1 N–H and O–H groups in total. The molecule has 19 heavy (non-hydrogen) atoms. The fourth-order valence-corrected chi connectivity index (χ4v) is 2.39. The zero-order valence-corrected chi connectivity index (χ0v) is 11.5. The minimum atomic E-state index is -0.242. The van der Waals surface area contributed by atoms with Crippen LogP contribution in [-0.4, -0.2) is 31.8 Å². The van der Waals surface area contributed by atoms with E-state index in [4.69, 9.17) is 9.47 Å². The number of nitrogens with one attached hydrogen (secondary N) is 1. The number of rotatable bonds is 5. The molecule has 2 atom stereocenters. The van der Waals surface area contributed by atoms with Crippen LogP contribution in [0.4, 0.5) is 0 Å². The lowest BCUT2D eigenvalue weighted by Gasteiger charge is -2.16. The first-order valence-electron chi connectivity index (χ1n) is 6.80. The summed E-state index contributed by atoms with van der Waals surface area (Å²) in [6, 6.07) is 7.86. The maximum atomic E-state index is 11.4. The molecular formula is C15H21NO3. The Hall–Kier alpha value is -1.55. The molecule has 1 aliphatic rings. The number of methoxy groups -OCH3 is 1. The second-order valence-electron chi connectivity index (χ2n) is 4.82. The third-order valence-electron chi connectivity index (χ3n) is 3.36. The molecule has 0 spiro atoms. The first-order chi connectivity index (χ1) is 9.24. The lowest BCUT2D eigenvalue weighted by atomic mass is 10.1. The Kier molecular flexibility index (Phi) is 4.80.